The van der Waals surface area contributed by atoms with Crippen LogP contribution >= 0.6 is 0 Å². The SMILES string of the molecule is C=C(C)CCCC(C)C(O)C(CO)CO. The number of rotatable bonds is 8. The molecule has 0 aromatic rings. The van der Waals surface area contributed by atoms with Crippen LogP contribution in [0.4, 0.5) is 0 Å². The van der Waals surface area contributed by atoms with Crippen LogP contribution in [-0.4, -0.2) is 34.6 Å². The third kappa shape index (κ3) is 5.92. The largest absolute Gasteiger partial charge is 0.396 e. The molecule has 2 unspecified atom stereocenters. The first-order valence-electron chi connectivity index (χ1n) is 5.57. The van der Waals surface area contributed by atoms with Crippen LogP contribution in [0.25, 0.3) is 0 Å². The lowest BCUT2D eigenvalue weighted by Gasteiger charge is -2.24. The number of hydrogen-bond acceptors (Lipinski definition) is 3. The van der Waals surface area contributed by atoms with Crippen LogP contribution in [0.3, 0.4) is 0 Å². The van der Waals surface area contributed by atoms with Crippen molar-refractivity contribution in [1.82, 2.24) is 0 Å². The fraction of sp³-hybridized carbons (Fsp3) is 0.833. The van der Waals surface area contributed by atoms with Crippen LogP contribution in [0, 0.1) is 11.8 Å². The van der Waals surface area contributed by atoms with Crippen LogP contribution < -0.4 is 0 Å². The number of aliphatic hydroxyl groups excluding tert-OH is 3. The molecule has 90 valence electrons. The first kappa shape index (κ1) is 14.6. The highest BCUT2D eigenvalue weighted by Gasteiger charge is 2.23. The van der Waals surface area contributed by atoms with E-state index >= 15 is 0 Å². The summed E-state index contributed by atoms with van der Waals surface area (Å²) in [6.45, 7) is 7.43. The molecule has 0 aliphatic heterocycles. The predicted molar refractivity (Wildman–Crippen MR) is 61.5 cm³/mol. The molecule has 2 atom stereocenters. The summed E-state index contributed by atoms with van der Waals surface area (Å²) >= 11 is 0. The van der Waals surface area contributed by atoms with E-state index in [0.717, 1.165) is 24.8 Å². The molecule has 0 aromatic carbocycles. The van der Waals surface area contributed by atoms with Crippen LogP contribution in [0.5, 0.6) is 0 Å². The van der Waals surface area contributed by atoms with Gasteiger partial charge < -0.3 is 15.3 Å². The van der Waals surface area contributed by atoms with Crippen molar-refractivity contribution in [2.75, 3.05) is 13.2 Å². The van der Waals surface area contributed by atoms with Gasteiger partial charge in [-0.05, 0) is 32.1 Å². The van der Waals surface area contributed by atoms with E-state index in [-0.39, 0.29) is 19.1 Å². The van der Waals surface area contributed by atoms with E-state index in [4.69, 9.17) is 10.2 Å². The molecule has 0 rings (SSSR count). The second-order valence-corrected chi connectivity index (χ2v) is 4.44. The molecular formula is C12H24O3. The summed E-state index contributed by atoms with van der Waals surface area (Å²) in [6.07, 6.45) is 2.24. The summed E-state index contributed by atoms with van der Waals surface area (Å²) in [5.41, 5.74) is 1.15. The fourth-order valence-corrected chi connectivity index (χ4v) is 1.63. The summed E-state index contributed by atoms with van der Waals surface area (Å²) < 4.78 is 0. The Kier molecular flexibility index (Phi) is 7.65. The summed E-state index contributed by atoms with van der Waals surface area (Å²) in [5, 5.41) is 27.6. The van der Waals surface area contributed by atoms with Crippen LogP contribution in [0.1, 0.15) is 33.1 Å². The van der Waals surface area contributed by atoms with Gasteiger partial charge in [0.1, 0.15) is 0 Å². The van der Waals surface area contributed by atoms with E-state index in [0.29, 0.717) is 0 Å². The molecule has 0 bridgehead atoms. The Morgan fingerprint density at radius 1 is 1.27 bits per heavy atom. The van der Waals surface area contributed by atoms with Gasteiger partial charge >= 0.3 is 0 Å². The Morgan fingerprint density at radius 2 is 1.80 bits per heavy atom. The maximum absolute atomic E-state index is 9.80. The van der Waals surface area contributed by atoms with Crippen molar-refractivity contribution in [2.45, 2.75) is 39.2 Å². The summed E-state index contributed by atoms with van der Waals surface area (Å²) in [6, 6.07) is 0. The first-order chi connectivity index (χ1) is 7.02. The highest BCUT2D eigenvalue weighted by molar-refractivity contribution is 4.87. The predicted octanol–water partition coefficient (Wildman–Crippen LogP) is 1.33. The molecule has 0 saturated heterocycles. The van der Waals surface area contributed by atoms with Gasteiger partial charge in [0.15, 0.2) is 0 Å². The molecule has 0 aliphatic rings. The Morgan fingerprint density at radius 3 is 2.20 bits per heavy atom. The van der Waals surface area contributed by atoms with Gasteiger partial charge in [0, 0.05) is 5.92 Å². The Labute approximate surface area is 92.4 Å². The van der Waals surface area contributed by atoms with Crippen molar-refractivity contribution < 1.29 is 15.3 Å². The lowest BCUT2D eigenvalue weighted by atomic mass is 9.89. The van der Waals surface area contributed by atoms with E-state index in [1.807, 2.05) is 13.8 Å². The standard InChI is InChI=1S/C12H24O3/c1-9(2)5-4-6-10(3)12(15)11(7-13)8-14/h10-15H,1,4-8H2,2-3H3. The highest BCUT2D eigenvalue weighted by Crippen LogP contribution is 2.19. The minimum absolute atomic E-state index is 0.105. The van der Waals surface area contributed by atoms with E-state index < -0.39 is 12.0 Å². The lowest BCUT2D eigenvalue weighted by Crippen LogP contribution is -2.32. The number of aliphatic hydroxyl groups is 3. The van der Waals surface area contributed by atoms with E-state index in [1.54, 1.807) is 0 Å². The van der Waals surface area contributed by atoms with Crippen molar-refractivity contribution >= 4 is 0 Å². The van der Waals surface area contributed by atoms with Crippen LogP contribution in [-0.2, 0) is 0 Å². The molecule has 0 radical (unpaired) electrons. The van der Waals surface area contributed by atoms with Gasteiger partial charge in [0.2, 0.25) is 0 Å². The van der Waals surface area contributed by atoms with Crippen LogP contribution in [0.2, 0.25) is 0 Å². The van der Waals surface area contributed by atoms with Crippen molar-refractivity contribution in [2.24, 2.45) is 11.8 Å². The Hall–Kier alpha value is -0.380. The maximum atomic E-state index is 9.80. The molecule has 3 N–H and O–H groups in total. The molecule has 0 aromatic heterocycles. The molecule has 3 heteroatoms. The van der Waals surface area contributed by atoms with Crippen molar-refractivity contribution in [3.05, 3.63) is 12.2 Å². The summed E-state index contributed by atoms with van der Waals surface area (Å²) in [5.74, 6) is -0.307. The van der Waals surface area contributed by atoms with Crippen molar-refractivity contribution in [1.29, 1.82) is 0 Å². The molecule has 0 amide bonds. The topological polar surface area (TPSA) is 60.7 Å². The van der Waals surface area contributed by atoms with E-state index in [9.17, 15) is 5.11 Å². The molecular weight excluding hydrogens is 192 g/mol. The molecule has 15 heavy (non-hydrogen) atoms. The van der Waals surface area contributed by atoms with Gasteiger partial charge in [-0.1, -0.05) is 12.5 Å². The minimum Gasteiger partial charge on any atom is -0.396 e. The highest BCUT2D eigenvalue weighted by atomic mass is 16.3. The average molecular weight is 216 g/mol. The maximum Gasteiger partial charge on any atom is 0.0637 e. The van der Waals surface area contributed by atoms with Crippen molar-refractivity contribution in [3.63, 3.8) is 0 Å². The molecule has 3 nitrogen and oxygen atoms in total. The zero-order valence-corrected chi connectivity index (χ0v) is 9.82. The van der Waals surface area contributed by atoms with Crippen molar-refractivity contribution in [3.8, 4) is 0 Å². The van der Waals surface area contributed by atoms with Gasteiger partial charge in [-0.15, -0.1) is 6.58 Å². The molecule has 0 spiro atoms. The third-order valence-electron chi connectivity index (χ3n) is 2.80. The zero-order chi connectivity index (χ0) is 11.8. The average Bonchev–Trinajstić information content (AvgIpc) is 2.18. The quantitative estimate of drug-likeness (QED) is 0.536. The smallest absolute Gasteiger partial charge is 0.0637 e. The van der Waals surface area contributed by atoms with Gasteiger partial charge in [-0.3, -0.25) is 0 Å². The van der Waals surface area contributed by atoms with Gasteiger partial charge in [-0.25, -0.2) is 0 Å². The van der Waals surface area contributed by atoms with E-state index in [1.165, 1.54) is 0 Å². The normalized spacial score (nSPS) is 15.3. The van der Waals surface area contributed by atoms with Gasteiger partial charge in [0.05, 0.1) is 19.3 Å². The monoisotopic (exact) mass is 216 g/mol. The number of hydrogen-bond donors (Lipinski definition) is 3. The molecule has 0 fully saturated rings. The van der Waals surface area contributed by atoms with Crippen LogP contribution in [0.15, 0.2) is 12.2 Å². The third-order valence-corrected chi connectivity index (χ3v) is 2.80. The second kappa shape index (κ2) is 7.85. The summed E-state index contributed by atoms with van der Waals surface area (Å²) in [4.78, 5) is 0. The second-order valence-electron chi connectivity index (χ2n) is 4.44. The summed E-state index contributed by atoms with van der Waals surface area (Å²) in [7, 11) is 0. The zero-order valence-electron chi connectivity index (χ0n) is 9.82. The van der Waals surface area contributed by atoms with Gasteiger partial charge in [0.25, 0.3) is 0 Å². The fourth-order valence-electron chi connectivity index (χ4n) is 1.63. The Balaban J connectivity index is 3.86. The molecule has 0 aliphatic carbocycles. The molecule has 0 heterocycles. The van der Waals surface area contributed by atoms with E-state index in [2.05, 4.69) is 6.58 Å². The first-order valence-corrected chi connectivity index (χ1v) is 5.57. The minimum atomic E-state index is -0.620. The molecule has 0 saturated carbocycles. The number of allylic oxidation sites excluding steroid dienone is 1. The Bertz CT molecular complexity index is 176. The lowest BCUT2D eigenvalue weighted by molar-refractivity contribution is -0.00166. The van der Waals surface area contributed by atoms with Gasteiger partial charge in [-0.2, -0.15) is 0 Å².